The Morgan fingerprint density at radius 2 is 1.77 bits per heavy atom. The zero-order valence-electron chi connectivity index (χ0n) is 17.8. The van der Waals surface area contributed by atoms with E-state index in [2.05, 4.69) is 16.0 Å². The first-order chi connectivity index (χ1) is 15.0. The molecule has 9 nitrogen and oxygen atoms in total. The van der Waals surface area contributed by atoms with Crippen LogP contribution < -0.4 is 16.0 Å². The first kappa shape index (κ1) is 24.2. The van der Waals surface area contributed by atoms with Crippen LogP contribution in [0, 0.1) is 0 Å². The maximum atomic E-state index is 12.4. The van der Waals surface area contributed by atoms with Gasteiger partial charge in [0.15, 0.2) is 0 Å². The van der Waals surface area contributed by atoms with Gasteiger partial charge in [-0.25, -0.2) is 9.59 Å². The maximum absolute atomic E-state index is 12.4. The summed E-state index contributed by atoms with van der Waals surface area (Å²) in [4.78, 5) is 37.2. The molecule has 2 aromatic rings. The molecule has 0 aliphatic carbocycles. The first-order valence-electron chi connectivity index (χ1n) is 9.83. The number of methoxy groups -OCH3 is 1. The van der Waals surface area contributed by atoms with Crippen molar-refractivity contribution in [1.29, 1.82) is 0 Å². The van der Waals surface area contributed by atoms with Gasteiger partial charge >= 0.3 is 12.1 Å². The number of carbonyl (C=O) groups is 3. The summed E-state index contributed by atoms with van der Waals surface area (Å²) < 4.78 is 14.8. The molecule has 0 fully saturated rings. The molecule has 0 bridgehead atoms. The number of aryl methyl sites for hydroxylation is 1. The third-order valence-electron chi connectivity index (χ3n) is 3.96. The zero-order chi connectivity index (χ0) is 22.6. The number of hydrogen-bond donors (Lipinski definition) is 3. The lowest BCUT2D eigenvalue weighted by Crippen LogP contribution is -2.22. The standard InChI is InChI=1S/C21H27N3O6S/c1-4-16-12-17(20(26)29-5-2)19(31-16)24-18(25)13-22-14-7-6-8-15(11-14)23-21(27)30-10-9-28-3/h6-8,11-12,22H,4-5,9-10,13H2,1-3H3,(H,23,27)(H,24,25). The average molecular weight is 450 g/mol. The fraction of sp³-hybridized carbons (Fsp3) is 0.381. The van der Waals surface area contributed by atoms with Crippen molar-refractivity contribution in [3.05, 3.63) is 40.8 Å². The van der Waals surface area contributed by atoms with Crippen molar-refractivity contribution < 1.29 is 28.6 Å². The molecular formula is C21H27N3O6S. The number of carbonyl (C=O) groups excluding carboxylic acids is 3. The smallest absolute Gasteiger partial charge is 0.411 e. The van der Waals surface area contributed by atoms with Crippen LogP contribution in [0.5, 0.6) is 0 Å². The lowest BCUT2D eigenvalue weighted by atomic mass is 10.2. The molecule has 0 spiro atoms. The summed E-state index contributed by atoms with van der Waals surface area (Å²) in [6, 6.07) is 8.62. The van der Waals surface area contributed by atoms with Crippen LogP contribution in [0.15, 0.2) is 30.3 Å². The Balaban J connectivity index is 1.92. The van der Waals surface area contributed by atoms with E-state index in [0.717, 1.165) is 11.3 Å². The van der Waals surface area contributed by atoms with Crippen LogP contribution >= 0.6 is 11.3 Å². The van der Waals surface area contributed by atoms with Gasteiger partial charge in [0.05, 0.1) is 25.3 Å². The minimum Gasteiger partial charge on any atom is -0.462 e. The van der Waals surface area contributed by atoms with Crippen LogP contribution in [0.4, 0.5) is 21.2 Å². The van der Waals surface area contributed by atoms with E-state index in [9.17, 15) is 14.4 Å². The number of ether oxygens (including phenoxy) is 3. The molecule has 0 unspecified atom stereocenters. The highest BCUT2D eigenvalue weighted by atomic mass is 32.1. The van der Waals surface area contributed by atoms with Gasteiger partial charge in [-0.1, -0.05) is 13.0 Å². The van der Waals surface area contributed by atoms with Gasteiger partial charge in [-0.15, -0.1) is 11.3 Å². The van der Waals surface area contributed by atoms with E-state index in [1.807, 2.05) is 6.92 Å². The Bertz CT molecular complexity index is 899. The summed E-state index contributed by atoms with van der Waals surface area (Å²) in [6.45, 7) is 4.40. The summed E-state index contributed by atoms with van der Waals surface area (Å²) in [5.41, 5.74) is 1.51. The summed E-state index contributed by atoms with van der Waals surface area (Å²) >= 11 is 1.35. The highest BCUT2D eigenvalue weighted by Gasteiger charge is 2.18. The largest absolute Gasteiger partial charge is 0.462 e. The van der Waals surface area contributed by atoms with Gasteiger partial charge < -0.3 is 24.8 Å². The number of thiophene rings is 1. The van der Waals surface area contributed by atoms with Crippen LogP contribution in [0.2, 0.25) is 0 Å². The molecule has 1 aromatic heterocycles. The van der Waals surface area contributed by atoms with Crippen LogP contribution in [0.25, 0.3) is 0 Å². The van der Waals surface area contributed by atoms with Gasteiger partial charge in [-0.05, 0) is 37.6 Å². The normalized spacial score (nSPS) is 10.3. The van der Waals surface area contributed by atoms with E-state index in [4.69, 9.17) is 14.2 Å². The molecule has 10 heteroatoms. The number of anilines is 3. The lowest BCUT2D eigenvalue weighted by molar-refractivity contribution is -0.114. The van der Waals surface area contributed by atoms with Gasteiger partial charge in [0, 0.05) is 23.4 Å². The lowest BCUT2D eigenvalue weighted by Gasteiger charge is -2.10. The summed E-state index contributed by atoms with van der Waals surface area (Å²) in [5.74, 6) is -0.773. The Morgan fingerprint density at radius 1 is 1.00 bits per heavy atom. The molecule has 0 saturated heterocycles. The van der Waals surface area contributed by atoms with Crippen molar-refractivity contribution in [3.8, 4) is 0 Å². The predicted molar refractivity (Wildman–Crippen MR) is 120 cm³/mol. The van der Waals surface area contributed by atoms with Crippen molar-refractivity contribution in [3.63, 3.8) is 0 Å². The first-order valence-corrected chi connectivity index (χ1v) is 10.6. The van der Waals surface area contributed by atoms with Crippen molar-refractivity contribution in [2.75, 3.05) is 49.4 Å². The minimum atomic E-state index is -0.595. The number of rotatable bonds is 11. The van der Waals surface area contributed by atoms with Gasteiger partial charge in [-0.2, -0.15) is 0 Å². The Kier molecular flexibility index (Phi) is 9.79. The van der Waals surface area contributed by atoms with Gasteiger partial charge in [0.1, 0.15) is 11.6 Å². The Morgan fingerprint density at radius 3 is 2.48 bits per heavy atom. The highest BCUT2D eigenvalue weighted by Crippen LogP contribution is 2.29. The SMILES string of the molecule is CCOC(=O)c1cc(CC)sc1NC(=O)CNc1cccc(NC(=O)OCCOC)c1. The zero-order valence-corrected chi connectivity index (χ0v) is 18.6. The third-order valence-corrected chi connectivity index (χ3v) is 5.16. The summed E-state index contributed by atoms with van der Waals surface area (Å²) in [6.07, 6.45) is 0.154. The second-order valence-electron chi connectivity index (χ2n) is 6.27. The number of amides is 2. The van der Waals surface area contributed by atoms with Gasteiger partial charge in [-0.3, -0.25) is 10.1 Å². The molecule has 0 saturated carbocycles. The Labute approximate surface area is 185 Å². The molecule has 0 aliphatic heterocycles. The van der Waals surface area contributed by atoms with E-state index >= 15 is 0 Å². The quantitative estimate of drug-likeness (QED) is 0.354. The van der Waals surface area contributed by atoms with Crippen molar-refractivity contribution in [2.24, 2.45) is 0 Å². The van der Waals surface area contributed by atoms with Gasteiger partial charge in [0.25, 0.3) is 0 Å². The van der Waals surface area contributed by atoms with Crippen molar-refractivity contribution in [1.82, 2.24) is 0 Å². The minimum absolute atomic E-state index is 0.0244. The molecule has 0 radical (unpaired) electrons. The fourth-order valence-electron chi connectivity index (χ4n) is 2.50. The summed E-state index contributed by atoms with van der Waals surface area (Å²) in [5, 5.41) is 8.83. The second kappa shape index (κ2) is 12.6. The van der Waals surface area contributed by atoms with Crippen LogP contribution in [0.3, 0.4) is 0 Å². The molecular weight excluding hydrogens is 422 g/mol. The second-order valence-corrected chi connectivity index (χ2v) is 7.40. The van der Waals surface area contributed by atoms with E-state index in [1.165, 1.54) is 18.4 Å². The van der Waals surface area contributed by atoms with E-state index in [-0.39, 0.29) is 25.7 Å². The highest BCUT2D eigenvalue weighted by molar-refractivity contribution is 7.16. The predicted octanol–water partition coefficient (Wildman–Crippen LogP) is 3.73. The van der Waals surface area contributed by atoms with Crippen LogP contribution in [-0.2, 0) is 25.4 Å². The van der Waals surface area contributed by atoms with E-state index in [1.54, 1.807) is 37.3 Å². The summed E-state index contributed by atoms with van der Waals surface area (Å²) in [7, 11) is 1.52. The molecule has 0 aliphatic rings. The fourth-order valence-corrected chi connectivity index (χ4v) is 3.50. The van der Waals surface area contributed by atoms with Crippen LogP contribution in [-0.4, -0.2) is 51.4 Å². The molecule has 0 atom stereocenters. The van der Waals surface area contributed by atoms with Crippen molar-refractivity contribution >= 4 is 45.7 Å². The molecule has 168 valence electrons. The molecule has 31 heavy (non-hydrogen) atoms. The molecule has 2 amide bonds. The van der Waals surface area contributed by atoms with Gasteiger partial charge in [0.2, 0.25) is 5.91 Å². The Hall–Kier alpha value is -3.11. The molecule has 3 N–H and O–H groups in total. The maximum Gasteiger partial charge on any atom is 0.411 e. The number of esters is 1. The molecule has 2 rings (SSSR count). The number of hydrogen-bond acceptors (Lipinski definition) is 8. The monoisotopic (exact) mass is 449 g/mol. The topological polar surface area (TPSA) is 115 Å². The van der Waals surface area contributed by atoms with E-state index < -0.39 is 12.1 Å². The van der Waals surface area contributed by atoms with Crippen LogP contribution in [0.1, 0.15) is 29.1 Å². The van der Waals surface area contributed by atoms with Crippen molar-refractivity contribution in [2.45, 2.75) is 20.3 Å². The molecule has 1 aromatic carbocycles. The average Bonchev–Trinajstić information content (AvgIpc) is 3.16. The van der Waals surface area contributed by atoms with E-state index in [0.29, 0.717) is 28.5 Å². The number of nitrogens with one attached hydrogen (secondary N) is 3. The molecule has 1 heterocycles. The third kappa shape index (κ3) is 7.91. The number of benzene rings is 1.